The standard InChI is InChI=1S/C20H14F2N4O4/c1-28-14-5-3-12(21)17(22)18(14)26-19-11(8-23-26)20(27)25-16(24-19)7-10-2-4-13-15(6-10)30-9-29-13/h2-6,8H,7,9H2,1H3,(H,24,25,27). The number of rotatable bonds is 4. The van der Waals surface area contributed by atoms with Gasteiger partial charge in [-0.15, -0.1) is 0 Å². The fourth-order valence-corrected chi connectivity index (χ4v) is 3.34. The maximum absolute atomic E-state index is 14.6. The second-order valence-electron chi connectivity index (χ2n) is 6.58. The molecule has 2 aromatic carbocycles. The number of methoxy groups -OCH3 is 1. The average molecular weight is 412 g/mol. The van der Waals surface area contributed by atoms with Crippen molar-refractivity contribution < 1.29 is 23.0 Å². The van der Waals surface area contributed by atoms with Gasteiger partial charge in [0.2, 0.25) is 6.79 Å². The summed E-state index contributed by atoms with van der Waals surface area (Å²) in [7, 11) is 1.33. The Kier molecular flexibility index (Phi) is 4.12. The van der Waals surface area contributed by atoms with Crippen LogP contribution >= 0.6 is 0 Å². The minimum atomic E-state index is -1.15. The molecule has 1 aliphatic heterocycles. The Hall–Kier alpha value is -3.95. The summed E-state index contributed by atoms with van der Waals surface area (Å²) in [6, 6.07) is 7.62. The van der Waals surface area contributed by atoms with Crippen LogP contribution in [0.2, 0.25) is 0 Å². The number of nitrogens with one attached hydrogen (secondary N) is 1. The molecule has 4 aromatic rings. The van der Waals surface area contributed by atoms with Crippen LogP contribution in [0.3, 0.4) is 0 Å². The summed E-state index contributed by atoms with van der Waals surface area (Å²) in [6.07, 6.45) is 1.52. The number of hydrogen-bond acceptors (Lipinski definition) is 6. The molecule has 1 aliphatic rings. The number of aromatic amines is 1. The number of hydrogen-bond donors (Lipinski definition) is 1. The quantitative estimate of drug-likeness (QED) is 0.554. The Labute approximate surface area is 167 Å². The van der Waals surface area contributed by atoms with E-state index in [1.165, 1.54) is 19.4 Å². The molecule has 1 N–H and O–H groups in total. The number of nitrogens with zero attached hydrogens (tertiary/aromatic N) is 3. The summed E-state index contributed by atoms with van der Waals surface area (Å²) in [5, 5.41) is 4.18. The highest BCUT2D eigenvalue weighted by Gasteiger charge is 2.21. The number of H-pyrrole nitrogens is 1. The first-order valence-electron chi connectivity index (χ1n) is 8.93. The van der Waals surface area contributed by atoms with Gasteiger partial charge >= 0.3 is 0 Å². The number of halogens is 2. The summed E-state index contributed by atoms with van der Waals surface area (Å²) in [4.78, 5) is 19.7. The van der Waals surface area contributed by atoms with Crippen LogP contribution < -0.4 is 19.8 Å². The summed E-state index contributed by atoms with van der Waals surface area (Å²) < 4.78 is 45.3. The van der Waals surface area contributed by atoms with Crippen molar-refractivity contribution in [3.05, 3.63) is 69.9 Å². The molecule has 152 valence electrons. The van der Waals surface area contributed by atoms with Crippen molar-refractivity contribution in [2.75, 3.05) is 13.9 Å². The zero-order valence-corrected chi connectivity index (χ0v) is 15.6. The van der Waals surface area contributed by atoms with Gasteiger partial charge in [-0.3, -0.25) is 4.79 Å². The van der Waals surface area contributed by atoms with Crippen LogP contribution in [0.25, 0.3) is 16.7 Å². The minimum absolute atomic E-state index is 0.0540. The molecule has 0 radical (unpaired) electrons. The molecule has 0 unspecified atom stereocenters. The van der Waals surface area contributed by atoms with E-state index in [9.17, 15) is 13.6 Å². The highest BCUT2D eigenvalue weighted by molar-refractivity contribution is 5.76. The summed E-state index contributed by atoms with van der Waals surface area (Å²) >= 11 is 0. The predicted molar refractivity (Wildman–Crippen MR) is 101 cm³/mol. The minimum Gasteiger partial charge on any atom is -0.494 e. The molecule has 0 amide bonds. The van der Waals surface area contributed by atoms with Gasteiger partial charge in [-0.05, 0) is 29.8 Å². The van der Waals surface area contributed by atoms with Gasteiger partial charge in [0, 0.05) is 6.42 Å². The fraction of sp³-hybridized carbons (Fsp3) is 0.150. The molecule has 0 saturated heterocycles. The second-order valence-corrected chi connectivity index (χ2v) is 6.58. The van der Waals surface area contributed by atoms with Gasteiger partial charge in [0.25, 0.3) is 5.56 Å². The van der Waals surface area contributed by atoms with Gasteiger partial charge in [-0.1, -0.05) is 6.07 Å². The molecule has 10 heteroatoms. The van der Waals surface area contributed by atoms with Crippen molar-refractivity contribution in [2.45, 2.75) is 6.42 Å². The zero-order valence-electron chi connectivity index (χ0n) is 15.6. The Morgan fingerprint density at radius 1 is 1.20 bits per heavy atom. The normalized spacial score (nSPS) is 12.5. The molecular weight excluding hydrogens is 398 g/mol. The van der Waals surface area contributed by atoms with Crippen molar-refractivity contribution in [1.29, 1.82) is 0 Å². The third-order valence-corrected chi connectivity index (χ3v) is 4.76. The number of benzene rings is 2. The first-order valence-corrected chi connectivity index (χ1v) is 8.93. The molecule has 0 spiro atoms. The third kappa shape index (κ3) is 2.84. The Bertz CT molecular complexity index is 1350. The van der Waals surface area contributed by atoms with Crippen molar-refractivity contribution in [3.8, 4) is 22.9 Å². The lowest BCUT2D eigenvalue weighted by Crippen LogP contribution is -2.13. The number of aromatic nitrogens is 4. The van der Waals surface area contributed by atoms with E-state index in [-0.39, 0.29) is 35.7 Å². The van der Waals surface area contributed by atoms with E-state index < -0.39 is 17.2 Å². The van der Waals surface area contributed by atoms with E-state index in [2.05, 4.69) is 15.1 Å². The maximum Gasteiger partial charge on any atom is 0.262 e. The first-order chi connectivity index (χ1) is 14.5. The Balaban J connectivity index is 1.63. The van der Waals surface area contributed by atoms with Crippen LogP contribution in [0.1, 0.15) is 11.4 Å². The third-order valence-electron chi connectivity index (χ3n) is 4.76. The van der Waals surface area contributed by atoms with E-state index in [1.54, 1.807) is 12.1 Å². The molecule has 5 rings (SSSR count). The Morgan fingerprint density at radius 2 is 2.03 bits per heavy atom. The average Bonchev–Trinajstić information content (AvgIpc) is 3.37. The molecule has 0 aliphatic carbocycles. The van der Waals surface area contributed by atoms with Crippen molar-refractivity contribution in [1.82, 2.24) is 19.7 Å². The van der Waals surface area contributed by atoms with Crippen molar-refractivity contribution in [2.24, 2.45) is 0 Å². The summed E-state index contributed by atoms with van der Waals surface area (Å²) in [5.74, 6) is -0.601. The van der Waals surface area contributed by atoms with Crippen molar-refractivity contribution in [3.63, 3.8) is 0 Å². The fourth-order valence-electron chi connectivity index (χ4n) is 3.34. The first kappa shape index (κ1) is 18.1. The molecule has 0 bridgehead atoms. The molecular formula is C20H14F2N4O4. The van der Waals surface area contributed by atoms with Gasteiger partial charge in [0.05, 0.1) is 13.3 Å². The lowest BCUT2D eigenvalue weighted by molar-refractivity contribution is 0.174. The van der Waals surface area contributed by atoms with Crippen LogP contribution in [-0.2, 0) is 6.42 Å². The summed E-state index contributed by atoms with van der Waals surface area (Å²) in [5.41, 5.74) is 0.192. The molecule has 3 heterocycles. The summed E-state index contributed by atoms with van der Waals surface area (Å²) in [6.45, 7) is 0.153. The number of ether oxygens (including phenoxy) is 3. The molecule has 2 aromatic heterocycles. The van der Waals surface area contributed by atoms with Gasteiger partial charge in [0.15, 0.2) is 28.8 Å². The lowest BCUT2D eigenvalue weighted by atomic mass is 10.1. The van der Waals surface area contributed by atoms with Crippen LogP contribution in [0.15, 0.2) is 41.3 Å². The van der Waals surface area contributed by atoms with E-state index in [0.717, 1.165) is 16.3 Å². The molecule has 8 nitrogen and oxygen atoms in total. The van der Waals surface area contributed by atoms with Crippen LogP contribution in [-0.4, -0.2) is 33.7 Å². The molecule has 30 heavy (non-hydrogen) atoms. The maximum atomic E-state index is 14.6. The Morgan fingerprint density at radius 3 is 2.87 bits per heavy atom. The highest BCUT2D eigenvalue weighted by Crippen LogP contribution is 2.33. The SMILES string of the molecule is COc1ccc(F)c(F)c1-n1ncc2c(=O)[nH]c(Cc3ccc4c(c3)OCO4)nc21. The van der Waals surface area contributed by atoms with Gasteiger partial charge in [-0.25, -0.2) is 18.4 Å². The molecule has 0 atom stereocenters. The zero-order chi connectivity index (χ0) is 20.8. The molecule has 0 saturated carbocycles. The number of fused-ring (bicyclic) bond motifs is 2. The molecule has 0 fully saturated rings. The van der Waals surface area contributed by atoms with Gasteiger partial charge < -0.3 is 19.2 Å². The highest BCUT2D eigenvalue weighted by atomic mass is 19.2. The van der Waals surface area contributed by atoms with Crippen LogP contribution in [0.4, 0.5) is 8.78 Å². The van der Waals surface area contributed by atoms with E-state index >= 15 is 0 Å². The monoisotopic (exact) mass is 412 g/mol. The topological polar surface area (TPSA) is 91.3 Å². The van der Waals surface area contributed by atoms with E-state index in [4.69, 9.17) is 14.2 Å². The van der Waals surface area contributed by atoms with E-state index in [1.807, 2.05) is 6.07 Å². The lowest BCUT2D eigenvalue weighted by Gasteiger charge is -2.11. The van der Waals surface area contributed by atoms with Crippen LogP contribution in [0, 0.1) is 11.6 Å². The van der Waals surface area contributed by atoms with Crippen LogP contribution in [0.5, 0.6) is 17.2 Å². The largest absolute Gasteiger partial charge is 0.494 e. The van der Waals surface area contributed by atoms with Gasteiger partial charge in [-0.2, -0.15) is 5.10 Å². The smallest absolute Gasteiger partial charge is 0.262 e. The van der Waals surface area contributed by atoms with Gasteiger partial charge in [0.1, 0.15) is 22.6 Å². The second kappa shape index (κ2) is 6.83. The van der Waals surface area contributed by atoms with Crippen molar-refractivity contribution >= 4 is 11.0 Å². The predicted octanol–water partition coefficient (Wildman–Crippen LogP) is 2.72. The van der Waals surface area contributed by atoms with E-state index in [0.29, 0.717) is 17.3 Å².